The minimum Gasteiger partial charge on any atom is -0.399 e. The lowest BCUT2D eigenvalue weighted by Crippen LogP contribution is -2.22. The average Bonchev–Trinajstić information content (AvgIpc) is 3.19. The van der Waals surface area contributed by atoms with E-state index in [2.05, 4.69) is 48.3 Å². The van der Waals surface area contributed by atoms with Gasteiger partial charge in [-0.05, 0) is 54.7 Å². The lowest BCUT2D eigenvalue weighted by atomic mass is 10.1. The molecule has 34 heavy (non-hydrogen) atoms. The lowest BCUT2D eigenvalue weighted by molar-refractivity contribution is -0.114. The molecule has 1 aliphatic heterocycles. The van der Waals surface area contributed by atoms with Crippen LogP contribution in [0.5, 0.6) is 0 Å². The van der Waals surface area contributed by atoms with Gasteiger partial charge in [0.2, 0.25) is 0 Å². The maximum absolute atomic E-state index is 12.8. The largest absolute Gasteiger partial charge is 0.399 e. The van der Waals surface area contributed by atoms with E-state index in [0.717, 1.165) is 42.8 Å². The van der Waals surface area contributed by atoms with Gasteiger partial charge < -0.3 is 11.1 Å². The van der Waals surface area contributed by atoms with E-state index < -0.39 is 0 Å². The molecule has 2 heterocycles. The second-order valence-electron chi connectivity index (χ2n) is 7.89. The van der Waals surface area contributed by atoms with Gasteiger partial charge in [0.15, 0.2) is 0 Å². The molecule has 3 N–H and O–H groups in total. The Morgan fingerprint density at radius 2 is 1.65 bits per heavy atom. The molecule has 1 aromatic heterocycles. The van der Waals surface area contributed by atoms with E-state index in [1.54, 1.807) is 24.7 Å². The number of aromatic nitrogens is 1. The van der Waals surface area contributed by atoms with Gasteiger partial charge in [0.1, 0.15) is 0 Å². The second kappa shape index (κ2) is 12.3. The lowest BCUT2D eigenvalue weighted by Gasteiger charge is -2.11. The molecule has 0 unspecified atom stereocenters. The Kier molecular flexibility index (Phi) is 8.97. The first-order valence-electron chi connectivity index (χ1n) is 11.8. The second-order valence-corrected chi connectivity index (χ2v) is 7.89. The molecule has 0 aliphatic carbocycles. The van der Waals surface area contributed by atoms with Gasteiger partial charge in [-0.2, -0.15) is 10.1 Å². The number of nitrogens with zero attached hydrogens (tertiary/aromatic N) is 3. The molecule has 0 saturated heterocycles. The number of rotatable bonds is 7. The summed E-state index contributed by atoms with van der Waals surface area (Å²) in [5.74, 6) is -0.127. The summed E-state index contributed by atoms with van der Waals surface area (Å²) in [5.41, 5.74) is 12.1. The van der Waals surface area contributed by atoms with Crippen LogP contribution in [0.25, 0.3) is 0 Å². The van der Waals surface area contributed by atoms with Crippen molar-refractivity contribution >= 4 is 28.7 Å². The number of para-hydroxylation sites is 2. The fourth-order valence-electron chi connectivity index (χ4n) is 3.65. The number of anilines is 3. The first kappa shape index (κ1) is 24.7. The van der Waals surface area contributed by atoms with Crippen LogP contribution in [0.1, 0.15) is 44.7 Å². The molecular formula is C28H33N5O. The van der Waals surface area contributed by atoms with Crippen molar-refractivity contribution < 1.29 is 4.79 Å². The molecule has 0 atom stereocenters. The number of amides is 1. The van der Waals surface area contributed by atoms with Crippen LogP contribution < -0.4 is 16.1 Å². The number of nitrogens with two attached hydrogens (primary N) is 1. The highest BCUT2D eigenvalue weighted by molar-refractivity contribution is 6.30. The van der Waals surface area contributed by atoms with E-state index in [9.17, 15) is 4.79 Å². The van der Waals surface area contributed by atoms with Gasteiger partial charge in [-0.3, -0.25) is 9.78 Å². The smallest absolute Gasteiger partial charge is 0.282 e. The van der Waals surface area contributed by atoms with Crippen molar-refractivity contribution in [1.82, 2.24) is 4.98 Å². The van der Waals surface area contributed by atoms with Crippen LogP contribution in [0, 0.1) is 0 Å². The maximum Gasteiger partial charge on any atom is 0.282 e. The van der Waals surface area contributed by atoms with E-state index >= 15 is 0 Å². The molecule has 0 spiro atoms. The fraction of sp³-hybridized carbons (Fsp3) is 0.250. The molecule has 0 fully saturated rings. The van der Waals surface area contributed by atoms with E-state index in [1.165, 1.54) is 16.1 Å². The quantitative estimate of drug-likeness (QED) is 0.339. The molecule has 4 rings (SSSR count). The SMILES string of the molecule is CCCC1=NN(c2cccnc2)C(=O)C1=CNc1ccccc1CC.CCc1ccccc1N. The zero-order valence-corrected chi connectivity index (χ0v) is 20.2. The summed E-state index contributed by atoms with van der Waals surface area (Å²) in [5, 5.41) is 9.24. The van der Waals surface area contributed by atoms with E-state index in [0.29, 0.717) is 11.3 Å². The average molecular weight is 456 g/mol. The Hall–Kier alpha value is -3.93. The first-order valence-corrected chi connectivity index (χ1v) is 11.8. The van der Waals surface area contributed by atoms with Gasteiger partial charge in [0.25, 0.3) is 5.91 Å². The van der Waals surface area contributed by atoms with Gasteiger partial charge in [-0.15, -0.1) is 0 Å². The number of benzene rings is 2. The third-order valence-corrected chi connectivity index (χ3v) is 5.54. The summed E-state index contributed by atoms with van der Waals surface area (Å²) < 4.78 is 0. The molecule has 176 valence electrons. The van der Waals surface area contributed by atoms with Gasteiger partial charge in [0, 0.05) is 23.8 Å². The van der Waals surface area contributed by atoms with Crippen molar-refractivity contribution in [3.8, 4) is 0 Å². The first-order chi connectivity index (χ1) is 16.6. The highest BCUT2D eigenvalue weighted by Gasteiger charge is 2.30. The summed E-state index contributed by atoms with van der Waals surface area (Å²) >= 11 is 0. The number of hydrogen-bond acceptors (Lipinski definition) is 5. The molecule has 0 bridgehead atoms. The summed E-state index contributed by atoms with van der Waals surface area (Å²) in [6.45, 7) is 6.30. The van der Waals surface area contributed by atoms with E-state index in [-0.39, 0.29) is 5.91 Å². The minimum atomic E-state index is -0.127. The number of hydrazone groups is 1. The standard InChI is InChI=1S/C20H22N4O.C8H11N/c1-3-8-19-17(14-22-18-11-6-5-9-15(18)4-2)20(25)24(23-19)16-10-7-12-21-13-16;1-2-7-5-3-4-6-8(7)9/h5-7,9-14,22H,3-4,8H2,1-2H3;3-6H,2,9H2,1H3. The van der Waals surface area contributed by atoms with E-state index in [1.807, 2.05) is 42.5 Å². The Labute approximate surface area is 202 Å². The predicted octanol–water partition coefficient (Wildman–Crippen LogP) is 5.97. The van der Waals surface area contributed by atoms with Gasteiger partial charge in [-0.1, -0.05) is 63.6 Å². The topological polar surface area (TPSA) is 83.6 Å². The van der Waals surface area contributed by atoms with Gasteiger partial charge in [-0.25, -0.2) is 0 Å². The zero-order chi connectivity index (χ0) is 24.3. The summed E-state index contributed by atoms with van der Waals surface area (Å²) in [6.07, 6.45) is 8.74. The predicted molar refractivity (Wildman–Crippen MR) is 142 cm³/mol. The molecule has 6 heteroatoms. The number of pyridine rings is 1. The van der Waals surface area contributed by atoms with Crippen LogP contribution >= 0.6 is 0 Å². The number of aryl methyl sites for hydroxylation is 2. The number of nitrogens with one attached hydrogen (secondary N) is 1. The van der Waals surface area contributed by atoms with Crippen molar-refractivity contribution in [1.29, 1.82) is 0 Å². The fourth-order valence-corrected chi connectivity index (χ4v) is 3.65. The van der Waals surface area contributed by atoms with Crippen molar-refractivity contribution in [3.63, 3.8) is 0 Å². The molecule has 1 amide bonds. The normalized spacial score (nSPS) is 14.0. The van der Waals surface area contributed by atoms with Crippen LogP contribution in [0.3, 0.4) is 0 Å². The summed E-state index contributed by atoms with van der Waals surface area (Å²) in [6, 6.07) is 19.7. The molecule has 3 aromatic rings. The third-order valence-electron chi connectivity index (χ3n) is 5.54. The van der Waals surface area contributed by atoms with Crippen LogP contribution in [0.4, 0.5) is 17.1 Å². The van der Waals surface area contributed by atoms with Crippen LogP contribution in [-0.4, -0.2) is 16.6 Å². The number of carbonyl (C=O) groups excluding carboxylic acids is 1. The van der Waals surface area contributed by atoms with Crippen molar-refractivity contribution in [2.45, 2.75) is 46.5 Å². The monoisotopic (exact) mass is 455 g/mol. The highest BCUT2D eigenvalue weighted by atomic mass is 16.2. The Bertz CT molecular complexity index is 1150. The van der Waals surface area contributed by atoms with Gasteiger partial charge in [0.05, 0.1) is 23.2 Å². The Morgan fingerprint density at radius 3 is 2.26 bits per heavy atom. The van der Waals surface area contributed by atoms with Crippen LogP contribution in [0.15, 0.2) is 89.9 Å². The number of nitrogen functional groups attached to an aromatic ring is 1. The maximum atomic E-state index is 12.8. The molecule has 1 aliphatic rings. The Morgan fingerprint density at radius 1 is 0.941 bits per heavy atom. The van der Waals surface area contributed by atoms with Crippen molar-refractivity contribution in [3.05, 3.63) is 96.0 Å². The third kappa shape index (κ3) is 6.10. The molecule has 6 nitrogen and oxygen atoms in total. The minimum absolute atomic E-state index is 0.127. The van der Waals surface area contributed by atoms with Crippen LogP contribution in [-0.2, 0) is 17.6 Å². The number of carbonyl (C=O) groups is 1. The molecule has 0 saturated carbocycles. The molecular weight excluding hydrogens is 422 g/mol. The zero-order valence-electron chi connectivity index (χ0n) is 20.2. The van der Waals surface area contributed by atoms with Crippen LogP contribution in [0.2, 0.25) is 0 Å². The number of hydrogen-bond donors (Lipinski definition) is 2. The molecule has 0 radical (unpaired) electrons. The van der Waals surface area contributed by atoms with Crippen molar-refractivity contribution in [2.75, 3.05) is 16.1 Å². The summed E-state index contributed by atoms with van der Waals surface area (Å²) in [7, 11) is 0. The highest BCUT2D eigenvalue weighted by Crippen LogP contribution is 2.25. The van der Waals surface area contributed by atoms with Crippen molar-refractivity contribution in [2.24, 2.45) is 5.10 Å². The Balaban J connectivity index is 0.000000302. The van der Waals surface area contributed by atoms with E-state index in [4.69, 9.17) is 5.73 Å². The summed E-state index contributed by atoms with van der Waals surface area (Å²) in [4.78, 5) is 16.9. The molecule has 2 aromatic carbocycles. The van der Waals surface area contributed by atoms with Gasteiger partial charge >= 0.3 is 0 Å².